The van der Waals surface area contributed by atoms with Gasteiger partial charge in [0.05, 0.1) is 11.9 Å². The van der Waals surface area contributed by atoms with Crippen molar-refractivity contribution in [1.29, 1.82) is 0 Å². The van der Waals surface area contributed by atoms with E-state index in [1.54, 1.807) is 17.0 Å². The van der Waals surface area contributed by atoms with E-state index in [-0.39, 0.29) is 40.6 Å². The molecular weight excluding hydrogens is 500 g/mol. The van der Waals surface area contributed by atoms with Gasteiger partial charge in [-0.15, -0.1) is 4.98 Å². The molecule has 10 heteroatoms. The molecule has 5 rings (SSSR count). The van der Waals surface area contributed by atoms with E-state index in [0.29, 0.717) is 11.4 Å². The summed E-state index contributed by atoms with van der Waals surface area (Å²) in [6, 6.07) is 29.5. The molecular formula is C29H18N4O6-2. The summed E-state index contributed by atoms with van der Waals surface area (Å²) in [5, 5.41) is 23.3. The Morgan fingerprint density at radius 3 is 1.33 bits per heavy atom. The SMILES string of the molecule is O=C([O-])c1ccccc1Oc1nc(Oc2ccccc2C(=O)[O-])nc(N(c2ccccc2)c2ccccc2)n1. The smallest absolute Gasteiger partial charge is 0.330 e. The first kappa shape index (κ1) is 24.9. The first-order valence-electron chi connectivity index (χ1n) is 11.6. The van der Waals surface area contributed by atoms with Crippen LogP contribution in [0.5, 0.6) is 23.5 Å². The largest absolute Gasteiger partial charge is 0.545 e. The Balaban J connectivity index is 1.66. The van der Waals surface area contributed by atoms with Gasteiger partial charge in [0.1, 0.15) is 11.5 Å². The molecule has 0 radical (unpaired) electrons. The van der Waals surface area contributed by atoms with Gasteiger partial charge in [0.15, 0.2) is 0 Å². The Morgan fingerprint density at radius 2 is 0.923 bits per heavy atom. The molecule has 0 saturated heterocycles. The highest BCUT2D eigenvalue weighted by molar-refractivity contribution is 5.89. The van der Waals surface area contributed by atoms with Crippen molar-refractivity contribution in [3.63, 3.8) is 0 Å². The summed E-state index contributed by atoms with van der Waals surface area (Å²) in [5.74, 6) is -2.98. The van der Waals surface area contributed by atoms with E-state index in [2.05, 4.69) is 15.0 Å². The lowest BCUT2D eigenvalue weighted by Gasteiger charge is -2.23. The van der Waals surface area contributed by atoms with E-state index in [4.69, 9.17) is 9.47 Å². The molecule has 0 aliphatic carbocycles. The van der Waals surface area contributed by atoms with E-state index in [9.17, 15) is 19.8 Å². The second-order valence-electron chi connectivity index (χ2n) is 7.98. The minimum absolute atomic E-state index is 0.0595. The monoisotopic (exact) mass is 518 g/mol. The zero-order chi connectivity index (χ0) is 27.2. The summed E-state index contributed by atoms with van der Waals surface area (Å²) in [6.07, 6.45) is 0. The van der Waals surface area contributed by atoms with Crippen LogP contribution in [-0.2, 0) is 0 Å². The van der Waals surface area contributed by atoms with Crippen molar-refractivity contribution in [3.8, 4) is 23.5 Å². The number of aromatic carboxylic acids is 2. The molecule has 39 heavy (non-hydrogen) atoms. The Labute approximate surface area is 222 Å². The van der Waals surface area contributed by atoms with Crippen molar-refractivity contribution in [1.82, 2.24) is 15.0 Å². The highest BCUT2D eigenvalue weighted by Crippen LogP contribution is 2.35. The standard InChI is InChI=1S/C29H20N4O6/c34-25(35)21-15-7-9-17-23(21)38-28-30-27(31-29(32-28)39-24-18-10-8-16-22(24)26(36)37)33(19-11-3-1-4-12-19)20-13-5-2-6-14-20/h1-18H,(H,34,35)(H,36,37)/p-2. The van der Waals surface area contributed by atoms with Crippen LogP contribution < -0.4 is 24.6 Å². The number of carboxylic acids is 2. The molecule has 4 aromatic carbocycles. The van der Waals surface area contributed by atoms with Crippen LogP contribution in [0.2, 0.25) is 0 Å². The van der Waals surface area contributed by atoms with Gasteiger partial charge in [-0.1, -0.05) is 60.7 Å². The van der Waals surface area contributed by atoms with Crippen molar-refractivity contribution in [2.24, 2.45) is 0 Å². The average Bonchev–Trinajstić information content (AvgIpc) is 2.95. The molecule has 0 aliphatic rings. The molecule has 10 nitrogen and oxygen atoms in total. The highest BCUT2D eigenvalue weighted by atomic mass is 16.5. The van der Waals surface area contributed by atoms with Crippen molar-refractivity contribution >= 4 is 29.3 Å². The van der Waals surface area contributed by atoms with Crippen LogP contribution in [0.15, 0.2) is 109 Å². The molecule has 0 saturated carbocycles. The molecule has 0 unspecified atom stereocenters. The van der Waals surface area contributed by atoms with Gasteiger partial charge < -0.3 is 29.3 Å². The lowest BCUT2D eigenvalue weighted by atomic mass is 10.2. The summed E-state index contributed by atoms with van der Waals surface area (Å²) in [6.45, 7) is 0. The molecule has 0 fully saturated rings. The fraction of sp³-hybridized carbons (Fsp3) is 0. The first-order chi connectivity index (χ1) is 19.0. The average molecular weight is 518 g/mol. The number of anilines is 3. The third-order valence-electron chi connectivity index (χ3n) is 5.43. The normalized spacial score (nSPS) is 10.5. The number of nitrogens with zero attached hydrogens (tertiary/aromatic N) is 4. The summed E-state index contributed by atoms with van der Waals surface area (Å²) in [4.78, 5) is 38.0. The number of benzene rings is 4. The fourth-order valence-electron chi connectivity index (χ4n) is 3.70. The Bertz CT molecular complexity index is 1510. The lowest BCUT2D eigenvalue weighted by molar-refractivity contribution is -0.256. The van der Waals surface area contributed by atoms with E-state index >= 15 is 0 Å². The Kier molecular flexibility index (Phi) is 7.08. The number of rotatable bonds is 9. The minimum Gasteiger partial charge on any atom is -0.545 e. The van der Waals surface area contributed by atoms with Gasteiger partial charge in [-0.05, 0) is 48.5 Å². The predicted octanol–water partition coefficient (Wildman–Crippen LogP) is 3.65. The van der Waals surface area contributed by atoms with Crippen LogP contribution in [0, 0.1) is 0 Å². The Morgan fingerprint density at radius 1 is 0.538 bits per heavy atom. The molecule has 1 heterocycles. The van der Waals surface area contributed by atoms with Crippen LogP contribution in [0.1, 0.15) is 20.7 Å². The maximum absolute atomic E-state index is 11.6. The number of hydrogen-bond acceptors (Lipinski definition) is 10. The van der Waals surface area contributed by atoms with Crippen molar-refractivity contribution in [2.75, 3.05) is 4.90 Å². The third-order valence-corrected chi connectivity index (χ3v) is 5.43. The zero-order valence-corrected chi connectivity index (χ0v) is 20.1. The van der Waals surface area contributed by atoms with E-state index in [1.807, 2.05) is 60.7 Å². The number of carbonyl (C=O) groups is 2. The number of aromatic nitrogens is 3. The fourth-order valence-corrected chi connectivity index (χ4v) is 3.70. The lowest BCUT2D eigenvalue weighted by Crippen LogP contribution is -2.23. The first-order valence-corrected chi connectivity index (χ1v) is 11.6. The highest BCUT2D eigenvalue weighted by Gasteiger charge is 2.21. The van der Waals surface area contributed by atoms with Gasteiger partial charge in [0, 0.05) is 22.5 Å². The number of carbonyl (C=O) groups excluding carboxylic acids is 2. The minimum atomic E-state index is -1.45. The third kappa shape index (κ3) is 5.65. The maximum Gasteiger partial charge on any atom is 0.330 e. The summed E-state index contributed by atoms with van der Waals surface area (Å²) in [7, 11) is 0. The number of carboxylic acid groups (broad SMARTS) is 2. The topological polar surface area (TPSA) is 141 Å². The molecule has 1 aromatic heterocycles. The van der Waals surface area contributed by atoms with Crippen LogP contribution in [0.25, 0.3) is 0 Å². The van der Waals surface area contributed by atoms with Crippen LogP contribution in [-0.4, -0.2) is 26.9 Å². The van der Waals surface area contributed by atoms with Crippen LogP contribution in [0.4, 0.5) is 17.3 Å². The van der Waals surface area contributed by atoms with Gasteiger partial charge in [0.25, 0.3) is 0 Å². The molecule has 192 valence electrons. The zero-order valence-electron chi connectivity index (χ0n) is 20.1. The molecule has 0 bridgehead atoms. The maximum atomic E-state index is 11.6. The molecule has 0 aliphatic heterocycles. The quantitative estimate of drug-likeness (QED) is 0.284. The molecule has 0 N–H and O–H groups in total. The Hall–Kier alpha value is -5.77. The second kappa shape index (κ2) is 11.1. The second-order valence-corrected chi connectivity index (χ2v) is 7.98. The summed E-state index contributed by atoms with van der Waals surface area (Å²) in [5.41, 5.74) is 0.952. The molecule has 5 aromatic rings. The van der Waals surface area contributed by atoms with Gasteiger partial charge in [-0.2, -0.15) is 9.97 Å². The van der Waals surface area contributed by atoms with E-state index in [1.165, 1.54) is 36.4 Å². The van der Waals surface area contributed by atoms with Crippen molar-refractivity contribution < 1.29 is 29.3 Å². The van der Waals surface area contributed by atoms with Crippen molar-refractivity contribution in [3.05, 3.63) is 120 Å². The van der Waals surface area contributed by atoms with E-state index in [0.717, 1.165) is 0 Å². The molecule has 0 amide bonds. The van der Waals surface area contributed by atoms with Crippen LogP contribution >= 0.6 is 0 Å². The number of ether oxygens (including phenoxy) is 2. The molecule has 0 spiro atoms. The number of para-hydroxylation sites is 4. The van der Waals surface area contributed by atoms with Gasteiger partial charge >= 0.3 is 12.0 Å². The summed E-state index contributed by atoms with van der Waals surface area (Å²) < 4.78 is 11.5. The van der Waals surface area contributed by atoms with Gasteiger partial charge in [-0.25, -0.2) is 0 Å². The van der Waals surface area contributed by atoms with Crippen LogP contribution in [0.3, 0.4) is 0 Å². The summed E-state index contributed by atoms with van der Waals surface area (Å²) >= 11 is 0. The predicted molar refractivity (Wildman–Crippen MR) is 136 cm³/mol. The number of hydrogen-bond donors (Lipinski definition) is 0. The van der Waals surface area contributed by atoms with Gasteiger partial charge in [0.2, 0.25) is 5.95 Å². The molecule has 0 atom stereocenters. The van der Waals surface area contributed by atoms with Crippen molar-refractivity contribution in [2.45, 2.75) is 0 Å². The van der Waals surface area contributed by atoms with Gasteiger partial charge in [-0.3, -0.25) is 4.90 Å². The van der Waals surface area contributed by atoms with E-state index < -0.39 is 11.9 Å².